The van der Waals surface area contributed by atoms with Crippen molar-refractivity contribution in [2.45, 2.75) is 59.4 Å². The van der Waals surface area contributed by atoms with E-state index in [9.17, 15) is 9.59 Å². The fourth-order valence-electron chi connectivity index (χ4n) is 2.69. The molecule has 1 aromatic heterocycles. The molecule has 1 aromatic carbocycles. The highest BCUT2D eigenvalue weighted by Crippen LogP contribution is 2.24. The Morgan fingerprint density at radius 1 is 1.07 bits per heavy atom. The van der Waals surface area contributed by atoms with Gasteiger partial charge in [0, 0.05) is 12.1 Å². The van der Waals surface area contributed by atoms with E-state index in [-0.39, 0.29) is 30.2 Å². The number of hydrazine groups is 1. The highest BCUT2D eigenvalue weighted by Gasteiger charge is 2.13. The van der Waals surface area contributed by atoms with Crippen molar-refractivity contribution in [2.75, 3.05) is 6.61 Å². The minimum absolute atomic E-state index is 0.0631. The van der Waals surface area contributed by atoms with E-state index < -0.39 is 0 Å². The van der Waals surface area contributed by atoms with Crippen LogP contribution in [0.3, 0.4) is 0 Å². The first-order valence-corrected chi connectivity index (χ1v) is 9.47. The van der Waals surface area contributed by atoms with Gasteiger partial charge in [-0.3, -0.25) is 25.1 Å². The number of benzene rings is 1. The van der Waals surface area contributed by atoms with Gasteiger partial charge in [0.1, 0.15) is 12.3 Å². The zero-order valence-electron chi connectivity index (χ0n) is 17.3. The summed E-state index contributed by atoms with van der Waals surface area (Å²) in [5.41, 5.74) is 7.92. The maximum absolute atomic E-state index is 11.9. The van der Waals surface area contributed by atoms with Crippen LogP contribution < -0.4 is 15.6 Å². The van der Waals surface area contributed by atoms with Gasteiger partial charge in [0.15, 0.2) is 0 Å². The van der Waals surface area contributed by atoms with Crippen LogP contribution in [0, 0.1) is 13.8 Å². The molecule has 7 nitrogen and oxygen atoms in total. The number of ether oxygens (including phenoxy) is 1. The molecule has 0 aliphatic rings. The lowest BCUT2D eigenvalue weighted by molar-refractivity contribution is -0.129. The van der Waals surface area contributed by atoms with Crippen molar-refractivity contribution >= 4 is 11.8 Å². The van der Waals surface area contributed by atoms with Crippen LogP contribution in [0.2, 0.25) is 0 Å². The minimum atomic E-state index is -0.324. The van der Waals surface area contributed by atoms with Gasteiger partial charge in [-0.05, 0) is 49.4 Å². The Morgan fingerprint density at radius 2 is 1.71 bits per heavy atom. The number of amides is 2. The van der Waals surface area contributed by atoms with Crippen LogP contribution in [-0.2, 0) is 21.5 Å². The van der Waals surface area contributed by atoms with Crippen molar-refractivity contribution in [3.63, 3.8) is 0 Å². The highest BCUT2D eigenvalue weighted by molar-refractivity contribution is 5.81. The second-order valence-electron chi connectivity index (χ2n) is 7.91. The van der Waals surface area contributed by atoms with Gasteiger partial charge in [-0.2, -0.15) is 5.10 Å². The van der Waals surface area contributed by atoms with Crippen LogP contribution in [0.15, 0.2) is 30.3 Å². The molecule has 1 heterocycles. The van der Waals surface area contributed by atoms with Crippen LogP contribution in [0.25, 0.3) is 0 Å². The highest BCUT2D eigenvalue weighted by atomic mass is 16.5. The Kier molecular flexibility index (Phi) is 7.20. The number of carbonyl (C=O) groups excluding carboxylic acids is 2. The number of nitrogens with zero attached hydrogens (tertiary/aromatic N) is 2. The summed E-state index contributed by atoms with van der Waals surface area (Å²) in [7, 11) is 0. The van der Waals surface area contributed by atoms with Crippen molar-refractivity contribution in [3.8, 4) is 5.75 Å². The summed E-state index contributed by atoms with van der Waals surface area (Å²) in [4.78, 5) is 23.7. The van der Waals surface area contributed by atoms with E-state index in [2.05, 4.69) is 48.9 Å². The molecule has 2 N–H and O–H groups in total. The van der Waals surface area contributed by atoms with Gasteiger partial charge in [0.05, 0.1) is 12.3 Å². The molecular formula is C21H30N4O3. The molecule has 2 amide bonds. The predicted octanol–water partition coefficient (Wildman–Crippen LogP) is 2.80. The maximum atomic E-state index is 11.9. The Hall–Kier alpha value is -2.83. The third-order valence-corrected chi connectivity index (χ3v) is 4.28. The Bertz CT molecular complexity index is 804. The molecule has 0 fully saturated rings. The van der Waals surface area contributed by atoms with Crippen molar-refractivity contribution in [2.24, 2.45) is 0 Å². The zero-order chi connectivity index (χ0) is 20.7. The molecule has 28 heavy (non-hydrogen) atoms. The van der Waals surface area contributed by atoms with Crippen LogP contribution in [-0.4, -0.2) is 28.2 Å². The molecule has 0 saturated carbocycles. The monoisotopic (exact) mass is 386 g/mol. The van der Waals surface area contributed by atoms with E-state index in [0.717, 1.165) is 17.1 Å². The normalized spacial score (nSPS) is 11.2. The summed E-state index contributed by atoms with van der Waals surface area (Å²) in [6.07, 6.45) is 0.820. The third-order valence-electron chi connectivity index (χ3n) is 4.28. The number of aryl methyl sites for hydroxylation is 2. The van der Waals surface area contributed by atoms with Crippen molar-refractivity contribution < 1.29 is 14.3 Å². The molecular weight excluding hydrogens is 356 g/mol. The third kappa shape index (κ3) is 6.72. The number of hydrogen-bond acceptors (Lipinski definition) is 4. The number of rotatable bonds is 7. The number of carbonyl (C=O) groups is 2. The summed E-state index contributed by atoms with van der Waals surface area (Å²) in [5.74, 6) is 0.203. The topological polar surface area (TPSA) is 85.2 Å². The van der Waals surface area contributed by atoms with Gasteiger partial charge in [-0.15, -0.1) is 0 Å². The molecule has 0 bridgehead atoms. The largest absolute Gasteiger partial charge is 0.494 e. The Balaban J connectivity index is 1.63. The summed E-state index contributed by atoms with van der Waals surface area (Å²) in [6, 6.07) is 9.89. The lowest BCUT2D eigenvalue weighted by atomic mass is 9.87. The average molecular weight is 386 g/mol. The lowest BCUT2D eigenvalue weighted by Crippen LogP contribution is -2.43. The van der Waals surface area contributed by atoms with Gasteiger partial charge in [-0.25, -0.2) is 0 Å². The molecule has 0 aliphatic heterocycles. The van der Waals surface area contributed by atoms with E-state index in [4.69, 9.17) is 4.74 Å². The molecule has 0 radical (unpaired) electrons. The predicted molar refractivity (Wildman–Crippen MR) is 108 cm³/mol. The standard InChI is InChI=1S/C21H30N4O3/c1-15-13-16(2)25(24-15)14-20(27)23-22-19(26)7-6-12-28-18-10-8-17(9-11-18)21(3,4)5/h8-11,13H,6-7,12,14H2,1-5H3,(H,22,26)(H,23,27). The molecule has 2 rings (SSSR count). The van der Waals surface area contributed by atoms with E-state index >= 15 is 0 Å². The summed E-state index contributed by atoms with van der Waals surface area (Å²) in [5, 5.41) is 4.21. The van der Waals surface area contributed by atoms with Gasteiger partial charge in [0.2, 0.25) is 5.91 Å². The second-order valence-corrected chi connectivity index (χ2v) is 7.91. The van der Waals surface area contributed by atoms with E-state index in [0.29, 0.717) is 13.0 Å². The molecule has 0 saturated heterocycles. The Labute approximate surface area is 166 Å². The first kappa shape index (κ1) is 21.5. The van der Waals surface area contributed by atoms with Gasteiger partial charge in [-0.1, -0.05) is 32.9 Å². The molecule has 0 unspecified atom stereocenters. The minimum Gasteiger partial charge on any atom is -0.494 e. The van der Waals surface area contributed by atoms with E-state index in [1.807, 2.05) is 32.0 Å². The first-order valence-electron chi connectivity index (χ1n) is 9.47. The lowest BCUT2D eigenvalue weighted by Gasteiger charge is -2.19. The van der Waals surface area contributed by atoms with Crippen molar-refractivity contribution in [3.05, 3.63) is 47.3 Å². The molecule has 2 aromatic rings. The number of aromatic nitrogens is 2. The summed E-state index contributed by atoms with van der Waals surface area (Å²) in [6.45, 7) is 10.7. The Morgan fingerprint density at radius 3 is 2.29 bits per heavy atom. The maximum Gasteiger partial charge on any atom is 0.260 e. The SMILES string of the molecule is Cc1cc(C)n(CC(=O)NNC(=O)CCCOc2ccc(C(C)(C)C)cc2)n1. The van der Waals surface area contributed by atoms with E-state index in [1.165, 1.54) is 5.56 Å². The summed E-state index contributed by atoms with van der Waals surface area (Å²) < 4.78 is 7.26. The summed E-state index contributed by atoms with van der Waals surface area (Å²) >= 11 is 0. The van der Waals surface area contributed by atoms with Crippen LogP contribution in [0.4, 0.5) is 0 Å². The second kappa shape index (κ2) is 9.39. The first-order chi connectivity index (χ1) is 13.1. The molecule has 0 spiro atoms. The fourth-order valence-corrected chi connectivity index (χ4v) is 2.69. The molecule has 0 atom stereocenters. The van der Waals surface area contributed by atoms with Crippen molar-refractivity contribution in [1.29, 1.82) is 0 Å². The smallest absolute Gasteiger partial charge is 0.260 e. The van der Waals surface area contributed by atoms with Crippen LogP contribution in [0.1, 0.15) is 50.6 Å². The van der Waals surface area contributed by atoms with Gasteiger partial charge >= 0.3 is 0 Å². The molecule has 7 heteroatoms. The van der Waals surface area contributed by atoms with Crippen molar-refractivity contribution in [1.82, 2.24) is 20.6 Å². The molecule has 0 aliphatic carbocycles. The number of nitrogens with one attached hydrogen (secondary N) is 2. The van der Waals surface area contributed by atoms with Gasteiger partial charge in [0.25, 0.3) is 5.91 Å². The number of hydrogen-bond donors (Lipinski definition) is 2. The van der Waals surface area contributed by atoms with E-state index in [1.54, 1.807) is 4.68 Å². The van der Waals surface area contributed by atoms with Gasteiger partial charge < -0.3 is 4.74 Å². The van der Waals surface area contributed by atoms with Crippen LogP contribution >= 0.6 is 0 Å². The quantitative estimate of drug-likeness (QED) is 0.566. The average Bonchev–Trinajstić information content (AvgIpc) is 2.93. The van der Waals surface area contributed by atoms with Crippen LogP contribution in [0.5, 0.6) is 5.75 Å². The molecule has 152 valence electrons. The fraction of sp³-hybridized carbons (Fsp3) is 0.476. The zero-order valence-corrected chi connectivity index (χ0v) is 17.3.